The van der Waals surface area contributed by atoms with Crippen molar-refractivity contribution in [2.24, 2.45) is 5.73 Å². The molecule has 1 atom stereocenters. The molecule has 0 bridgehead atoms. The van der Waals surface area contributed by atoms with Crippen LogP contribution in [0.5, 0.6) is 0 Å². The number of carbonyl (C=O) groups is 2. The molecule has 4 nitrogen and oxygen atoms in total. The van der Waals surface area contributed by atoms with Gasteiger partial charge in [0.1, 0.15) is 5.78 Å². The molecule has 0 aliphatic rings. The van der Waals surface area contributed by atoms with Crippen molar-refractivity contribution < 1.29 is 14.3 Å². The standard InChI is InChI=1S/C7H13NO3/c1-5(9)3-6(11-2)4-7(8)10/h6H,3-4H2,1-2H3,(H2,8,10)/t6-/m1/s1. The zero-order valence-corrected chi connectivity index (χ0v) is 6.79. The average Bonchev–Trinajstić information content (AvgIpc) is 1.84. The van der Waals surface area contributed by atoms with Crippen LogP contribution in [0.3, 0.4) is 0 Å². The molecule has 11 heavy (non-hydrogen) atoms. The van der Waals surface area contributed by atoms with Crippen molar-refractivity contribution in [3.05, 3.63) is 0 Å². The number of ether oxygens (including phenoxy) is 1. The van der Waals surface area contributed by atoms with E-state index in [2.05, 4.69) is 0 Å². The van der Waals surface area contributed by atoms with Crippen molar-refractivity contribution in [1.82, 2.24) is 0 Å². The van der Waals surface area contributed by atoms with Crippen LogP contribution in [0, 0.1) is 0 Å². The van der Waals surface area contributed by atoms with Gasteiger partial charge in [0.15, 0.2) is 0 Å². The number of hydrogen-bond donors (Lipinski definition) is 1. The first-order chi connectivity index (χ1) is 5.06. The lowest BCUT2D eigenvalue weighted by Crippen LogP contribution is -2.23. The number of Topliss-reactive ketones (excluding diaryl/α,β-unsaturated/α-hetero) is 1. The van der Waals surface area contributed by atoms with E-state index < -0.39 is 5.91 Å². The lowest BCUT2D eigenvalue weighted by atomic mass is 10.1. The molecule has 0 radical (unpaired) electrons. The topological polar surface area (TPSA) is 69.4 Å². The fourth-order valence-electron chi connectivity index (χ4n) is 0.784. The van der Waals surface area contributed by atoms with Crippen molar-refractivity contribution in [1.29, 1.82) is 0 Å². The highest BCUT2D eigenvalue weighted by molar-refractivity contribution is 5.78. The van der Waals surface area contributed by atoms with E-state index in [9.17, 15) is 9.59 Å². The van der Waals surface area contributed by atoms with Gasteiger partial charge in [-0.25, -0.2) is 0 Å². The summed E-state index contributed by atoms with van der Waals surface area (Å²) < 4.78 is 4.85. The van der Waals surface area contributed by atoms with Gasteiger partial charge in [0.2, 0.25) is 5.91 Å². The van der Waals surface area contributed by atoms with Crippen molar-refractivity contribution in [3.63, 3.8) is 0 Å². The van der Waals surface area contributed by atoms with Gasteiger partial charge in [0.25, 0.3) is 0 Å². The van der Waals surface area contributed by atoms with Crippen LogP contribution >= 0.6 is 0 Å². The molecule has 0 aliphatic heterocycles. The van der Waals surface area contributed by atoms with Crippen LogP contribution in [0.1, 0.15) is 19.8 Å². The third kappa shape index (κ3) is 5.54. The van der Waals surface area contributed by atoms with Crippen molar-refractivity contribution >= 4 is 11.7 Å². The maximum Gasteiger partial charge on any atom is 0.220 e. The van der Waals surface area contributed by atoms with E-state index in [1.54, 1.807) is 0 Å². The first kappa shape index (κ1) is 10.1. The summed E-state index contributed by atoms with van der Waals surface area (Å²) in [5.74, 6) is -0.448. The van der Waals surface area contributed by atoms with Crippen LogP contribution in [0.2, 0.25) is 0 Å². The zero-order chi connectivity index (χ0) is 8.85. The Labute approximate surface area is 65.7 Å². The summed E-state index contributed by atoms with van der Waals surface area (Å²) in [5, 5.41) is 0. The van der Waals surface area contributed by atoms with Gasteiger partial charge in [-0.15, -0.1) is 0 Å². The van der Waals surface area contributed by atoms with E-state index in [0.717, 1.165) is 0 Å². The summed E-state index contributed by atoms with van der Waals surface area (Å²) in [6, 6.07) is 0. The second-order valence-electron chi connectivity index (χ2n) is 2.43. The van der Waals surface area contributed by atoms with Crippen LogP contribution in [0.4, 0.5) is 0 Å². The molecule has 0 saturated heterocycles. The van der Waals surface area contributed by atoms with Gasteiger partial charge >= 0.3 is 0 Å². The first-order valence-corrected chi connectivity index (χ1v) is 3.36. The highest BCUT2D eigenvalue weighted by atomic mass is 16.5. The third-order valence-electron chi connectivity index (χ3n) is 1.28. The molecule has 0 fully saturated rings. The SMILES string of the molecule is CO[C@H](CC(C)=O)CC(N)=O. The predicted molar refractivity (Wildman–Crippen MR) is 39.9 cm³/mol. The maximum absolute atomic E-state index is 10.6. The molecule has 1 amide bonds. The fourth-order valence-corrected chi connectivity index (χ4v) is 0.784. The van der Waals surface area contributed by atoms with Crippen molar-refractivity contribution in [2.75, 3.05) is 7.11 Å². The average molecular weight is 159 g/mol. The minimum Gasteiger partial charge on any atom is -0.380 e. The molecule has 0 spiro atoms. The molecule has 0 aromatic carbocycles. The molecule has 0 heterocycles. The summed E-state index contributed by atoms with van der Waals surface area (Å²) >= 11 is 0. The van der Waals surface area contributed by atoms with E-state index in [1.807, 2.05) is 0 Å². The Morgan fingerprint density at radius 3 is 2.27 bits per heavy atom. The summed E-state index contributed by atoms with van der Waals surface area (Å²) in [6.45, 7) is 1.45. The number of amides is 1. The highest BCUT2D eigenvalue weighted by Gasteiger charge is 2.12. The number of primary amides is 1. The minimum absolute atomic E-state index is 0.00176. The molecule has 0 saturated carbocycles. The Morgan fingerprint density at radius 1 is 1.45 bits per heavy atom. The Balaban J connectivity index is 3.76. The molecule has 64 valence electrons. The first-order valence-electron chi connectivity index (χ1n) is 3.36. The molecule has 0 aromatic rings. The number of rotatable bonds is 5. The summed E-state index contributed by atoms with van der Waals surface area (Å²) in [6.07, 6.45) is 0.000185. The lowest BCUT2D eigenvalue weighted by Gasteiger charge is -2.10. The van der Waals surface area contributed by atoms with E-state index in [1.165, 1.54) is 14.0 Å². The predicted octanol–water partition coefficient (Wildman–Crippen LogP) is -0.144. The number of hydrogen-bond acceptors (Lipinski definition) is 3. The van der Waals surface area contributed by atoms with E-state index in [4.69, 9.17) is 10.5 Å². The zero-order valence-electron chi connectivity index (χ0n) is 6.79. The molecule has 0 aliphatic carbocycles. The van der Waals surface area contributed by atoms with Crippen LogP contribution in [0.15, 0.2) is 0 Å². The Morgan fingerprint density at radius 2 is 2.00 bits per heavy atom. The Kier molecular flexibility index (Phi) is 4.45. The molecule has 2 N–H and O–H groups in total. The Bertz CT molecular complexity index is 140. The number of carbonyl (C=O) groups excluding carboxylic acids is 2. The van der Waals surface area contributed by atoms with Crippen molar-refractivity contribution in [2.45, 2.75) is 25.9 Å². The van der Waals surface area contributed by atoms with Gasteiger partial charge < -0.3 is 10.5 Å². The molecule has 0 aromatic heterocycles. The number of methoxy groups -OCH3 is 1. The summed E-state index contributed by atoms with van der Waals surface area (Å²) in [7, 11) is 1.45. The monoisotopic (exact) mass is 159 g/mol. The smallest absolute Gasteiger partial charge is 0.220 e. The Hall–Kier alpha value is -0.900. The normalized spacial score (nSPS) is 12.5. The second kappa shape index (κ2) is 4.85. The van der Waals surface area contributed by atoms with Gasteiger partial charge in [-0.3, -0.25) is 9.59 Å². The van der Waals surface area contributed by atoms with Gasteiger partial charge in [0.05, 0.1) is 12.5 Å². The largest absolute Gasteiger partial charge is 0.380 e. The van der Waals surface area contributed by atoms with E-state index in [0.29, 0.717) is 0 Å². The maximum atomic E-state index is 10.6. The quantitative estimate of drug-likeness (QED) is 0.606. The van der Waals surface area contributed by atoms with Gasteiger partial charge in [-0.05, 0) is 6.92 Å². The van der Waals surface area contributed by atoms with E-state index >= 15 is 0 Å². The van der Waals surface area contributed by atoms with Crippen LogP contribution in [-0.4, -0.2) is 24.9 Å². The van der Waals surface area contributed by atoms with Crippen LogP contribution < -0.4 is 5.73 Å². The third-order valence-corrected chi connectivity index (χ3v) is 1.28. The van der Waals surface area contributed by atoms with Crippen LogP contribution in [0.25, 0.3) is 0 Å². The van der Waals surface area contributed by atoms with Gasteiger partial charge in [-0.1, -0.05) is 0 Å². The summed E-state index contributed by atoms with van der Waals surface area (Å²) in [4.78, 5) is 20.9. The van der Waals surface area contributed by atoms with Gasteiger partial charge in [-0.2, -0.15) is 0 Å². The molecular formula is C7H13NO3. The van der Waals surface area contributed by atoms with Gasteiger partial charge in [0, 0.05) is 13.5 Å². The molecule has 0 rings (SSSR count). The number of ketones is 1. The summed E-state index contributed by atoms with van der Waals surface area (Å²) in [5.41, 5.74) is 4.91. The van der Waals surface area contributed by atoms with E-state index in [-0.39, 0.29) is 24.7 Å². The fraction of sp³-hybridized carbons (Fsp3) is 0.714. The number of nitrogens with two attached hydrogens (primary N) is 1. The molecular weight excluding hydrogens is 146 g/mol. The second-order valence-corrected chi connectivity index (χ2v) is 2.43. The van der Waals surface area contributed by atoms with Crippen LogP contribution in [-0.2, 0) is 14.3 Å². The van der Waals surface area contributed by atoms with Crippen molar-refractivity contribution in [3.8, 4) is 0 Å². The minimum atomic E-state index is -0.446. The lowest BCUT2D eigenvalue weighted by molar-refractivity contribution is -0.123. The highest BCUT2D eigenvalue weighted by Crippen LogP contribution is 2.02. The molecule has 4 heteroatoms. The molecule has 0 unspecified atom stereocenters.